The van der Waals surface area contributed by atoms with Crippen molar-refractivity contribution < 1.29 is 9.72 Å². The van der Waals surface area contributed by atoms with E-state index in [0.29, 0.717) is 17.4 Å². The molecule has 0 aromatic heterocycles. The summed E-state index contributed by atoms with van der Waals surface area (Å²) in [6, 6.07) is 5.14. The van der Waals surface area contributed by atoms with Gasteiger partial charge in [-0.1, -0.05) is 18.6 Å². The quantitative estimate of drug-likeness (QED) is 0.646. The summed E-state index contributed by atoms with van der Waals surface area (Å²) in [5.74, 6) is 0.982. The molecule has 2 saturated carbocycles. The number of nitrogens with one attached hydrogen (secondary N) is 1. The minimum atomic E-state index is -0.378. The lowest BCUT2D eigenvalue weighted by Crippen LogP contribution is -2.49. The number of nitro benzene ring substituents is 1. The van der Waals surface area contributed by atoms with Gasteiger partial charge in [-0.3, -0.25) is 14.9 Å². The monoisotopic (exact) mass is 345 g/mol. The molecule has 0 spiro atoms. The zero-order valence-electron chi connectivity index (χ0n) is 14.9. The first kappa shape index (κ1) is 17.9. The molecule has 1 aromatic carbocycles. The van der Waals surface area contributed by atoms with Crippen LogP contribution in [0.1, 0.15) is 56.2 Å². The topological polar surface area (TPSA) is 98.3 Å². The first-order valence-electron chi connectivity index (χ1n) is 9.17. The lowest BCUT2D eigenvalue weighted by Gasteiger charge is -2.43. The van der Waals surface area contributed by atoms with Crippen molar-refractivity contribution in [3.63, 3.8) is 0 Å². The molecule has 136 valence electrons. The number of rotatable bonds is 4. The van der Waals surface area contributed by atoms with Gasteiger partial charge in [-0.2, -0.15) is 0 Å². The molecule has 2 bridgehead atoms. The minimum absolute atomic E-state index is 0.0120. The van der Waals surface area contributed by atoms with Crippen LogP contribution in [0.5, 0.6) is 0 Å². The van der Waals surface area contributed by atoms with E-state index in [4.69, 9.17) is 5.73 Å². The van der Waals surface area contributed by atoms with E-state index in [1.54, 1.807) is 19.1 Å². The van der Waals surface area contributed by atoms with Crippen molar-refractivity contribution in [3.05, 3.63) is 39.4 Å². The maximum absolute atomic E-state index is 12.7. The van der Waals surface area contributed by atoms with Gasteiger partial charge in [0.05, 0.1) is 11.0 Å². The molecule has 1 amide bonds. The van der Waals surface area contributed by atoms with Gasteiger partial charge in [-0.05, 0) is 56.9 Å². The Morgan fingerprint density at radius 2 is 1.96 bits per heavy atom. The molecule has 3 rings (SSSR count). The maximum Gasteiger partial charge on any atom is 0.272 e. The second kappa shape index (κ2) is 7.12. The number of amides is 1. The average Bonchev–Trinajstić information content (AvgIpc) is 2.54. The molecule has 0 heterocycles. The van der Waals surface area contributed by atoms with Gasteiger partial charge in [0.1, 0.15) is 0 Å². The maximum atomic E-state index is 12.7. The van der Waals surface area contributed by atoms with Crippen molar-refractivity contribution in [1.29, 1.82) is 0 Å². The van der Waals surface area contributed by atoms with Crippen LogP contribution in [0.3, 0.4) is 0 Å². The second-order valence-electron chi connectivity index (χ2n) is 7.73. The molecule has 2 aliphatic rings. The van der Waals surface area contributed by atoms with Gasteiger partial charge >= 0.3 is 0 Å². The number of carbonyl (C=O) groups excluding carboxylic acids is 1. The Bertz CT molecular complexity index is 662. The smallest absolute Gasteiger partial charge is 0.272 e. The molecule has 0 saturated heterocycles. The van der Waals surface area contributed by atoms with E-state index in [1.165, 1.54) is 6.42 Å². The molecule has 2 fully saturated rings. The standard InChI is InChI=1S/C19H27N3O3/c1-11-6-7-13(10-17(11)22(24)25)12(2)21-19(23)16-8-14-4-3-5-15(9-16)18(14)20/h6-7,10,12,14-16,18H,3-5,8-9,20H2,1-2H3,(H,21,23). The molecular weight excluding hydrogens is 318 g/mol. The van der Waals surface area contributed by atoms with E-state index in [0.717, 1.165) is 31.2 Å². The van der Waals surface area contributed by atoms with Crippen LogP contribution in [0.15, 0.2) is 18.2 Å². The summed E-state index contributed by atoms with van der Waals surface area (Å²) in [6.45, 7) is 3.59. The van der Waals surface area contributed by atoms with E-state index in [-0.39, 0.29) is 34.5 Å². The number of hydrogen-bond donors (Lipinski definition) is 2. The van der Waals surface area contributed by atoms with Crippen LogP contribution in [0, 0.1) is 34.8 Å². The van der Waals surface area contributed by atoms with Crippen LogP contribution in [0.2, 0.25) is 0 Å². The normalized spacial score (nSPS) is 29.7. The number of carbonyl (C=O) groups is 1. The highest BCUT2D eigenvalue weighted by atomic mass is 16.6. The number of benzene rings is 1. The van der Waals surface area contributed by atoms with Crippen LogP contribution in [0.25, 0.3) is 0 Å². The fourth-order valence-corrected chi connectivity index (χ4v) is 4.51. The number of nitrogens with zero attached hydrogens (tertiary/aromatic N) is 1. The van der Waals surface area contributed by atoms with Gasteiger partial charge in [0.2, 0.25) is 5.91 Å². The Kier molecular flexibility index (Phi) is 5.08. The first-order chi connectivity index (χ1) is 11.9. The Balaban J connectivity index is 1.67. The van der Waals surface area contributed by atoms with E-state index in [2.05, 4.69) is 5.32 Å². The molecule has 0 aliphatic heterocycles. The average molecular weight is 345 g/mol. The van der Waals surface area contributed by atoms with Crippen LogP contribution >= 0.6 is 0 Å². The molecule has 0 radical (unpaired) electrons. The van der Waals surface area contributed by atoms with E-state index >= 15 is 0 Å². The van der Waals surface area contributed by atoms with Crippen LogP contribution < -0.4 is 11.1 Å². The van der Waals surface area contributed by atoms with E-state index in [9.17, 15) is 14.9 Å². The second-order valence-corrected chi connectivity index (χ2v) is 7.73. The Labute approximate surface area is 148 Å². The number of fused-ring (bicyclic) bond motifs is 2. The molecule has 6 nitrogen and oxygen atoms in total. The first-order valence-corrected chi connectivity index (χ1v) is 9.17. The molecule has 3 unspecified atom stereocenters. The van der Waals surface area contributed by atoms with Gasteiger partial charge in [0, 0.05) is 23.6 Å². The molecular formula is C19H27N3O3. The third-order valence-corrected chi connectivity index (χ3v) is 6.07. The highest BCUT2D eigenvalue weighted by Gasteiger charge is 2.40. The van der Waals surface area contributed by atoms with Gasteiger partial charge in [-0.25, -0.2) is 0 Å². The number of hydrogen-bond acceptors (Lipinski definition) is 4. The third-order valence-electron chi connectivity index (χ3n) is 6.07. The van der Waals surface area contributed by atoms with Crippen LogP contribution in [-0.4, -0.2) is 16.9 Å². The van der Waals surface area contributed by atoms with Crippen LogP contribution in [0.4, 0.5) is 5.69 Å². The Morgan fingerprint density at radius 3 is 2.56 bits per heavy atom. The van der Waals surface area contributed by atoms with Crippen molar-refractivity contribution in [1.82, 2.24) is 5.32 Å². The SMILES string of the molecule is Cc1ccc(C(C)NC(=O)C2CC3CCCC(C2)C3N)cc1[N+](=O)[O-]. The minimum Gasteiger partial charge on any atom is -0.349 e. The summed E-state index contributed by atoms with van der Waals surface area (Å²) in [5, 5.41) is 14.2. The van der Waals surface area contributed by atoms with Crippen molar-refractivity contribution in [2.45, 2.75) is 58.0 Å². The van der Waals surface area contributed by atoms with Gasteiger partial charge < -0.3 is 11.1 Å². The lowest BCUT2D eigenvalue weighted by molar-refractivity contribution is -0.385. The van der Waals surface area contributed by atoms with Crippen molar-refractivity contribution in [2.75, 3.05) is 0 Å². The van der Waals surface area contributed by atoms with Crippen molar-refractivity contribution in [2.24, 2.45) is 23.5 Å². The summed E-state index contributed by atoms with van der Waals surface area (Å²) >= 11 is 0. The fourth-order valence-electron chi connectivity index (χ4n) is 4.51. The van der Waals surface area contributed by atoms with Crippen LogP contribution in [-0.2, 0) is 4.79 Å². The summed E-state index contributed by atoms with van der Waals surface area (Å²) in [7, 11) is 0. The zero-order valence-corrected chi connectivity index (χ0v) is 14.9. The predicted octanol–water partition coefficient (Wildman–Crippen LogP) is 3.23. The number of nitrogens with two attached hydrogens (primary N) is 1. The highest BCUT2D eigenvalue weighted by Crippen LogP contribution is 2.42. The Morgan fingerprint density at radius 1 is 1.32 bits per heavy atom. The zero-order chi connectivity index (χ0) is 18.1. The van der Waals surface area contributed by atoms with Gasteiger partial charge in [-0.15, -0.1) is 0 Å². The number of nitro groups is 1. The van der Waals surface area contributed by atoms with Gasteiger partial charge in [0.25, 0.3) is 5.69 Å². The number of aryl methyl sites for hydroxylation is 1. The lowest BCUT2D eigenvalue weighted by atomic mass is 9.65. The Hall–Kier alpha value is -1.95. The summed E-state index contributed by atoms with van der Waals surface area (Å²) in [5.41, 5.74) is 7.79. The van der Waals surface area contributed by atoms with E-state index < -0.39 is 0 Å². The van der Waals surface area contributed by atoms with Gasteiger partial charge in [0.15, 0.2) is 0 Å². The highest BCUT2D eigenvalue weighted by molar-refractivity contribution is 5.79. The van der Waals surface area contributed by atoms with Crippen molar-refractivity contribution >= 4 is 11.6 Å². The van der Waals surface area contributed by atoms with Crippen molar-refractivity contribution in [3.8, 4) is 0 Å². The molecule has 3 N–H and O–H groups in total. The molecule has 25 heavy (non-hydrogen) atoms. The largest absolute Gasteiger partial charge is 0.349 e. The summed E-state index contributed by atoms with van der Waals surface area (Å²) in [6.07, 6.45) is 5.21. The molecule has 6 heteroatoms. The summed E-state index contributed by atoms with van der Waals surface area (Å²) in [4.78, 5) is 23.5. The molecule has 1 aromatic rings. The predicted molar refractivity (Wildman–Crippen MR) is 95.9 cm³/mol. The fraction of sp³-hybridized carbons (Fsp3) is 0.632. The summed E-state index contributed by atoms with van der Waals surface area (Å²) < 4.78 is 0. The third kappa shape index (κ3) is 3.68. The molecule has 3 atom stereocenters. The van der Waals surface area contributed by atoms with E-state index in [1.807, 2.05) is 13.0 Å². The molecule has 2 aliphatic carbocycles.